The molecular weight excluding hydrogens is 234 g/mol. The second-order valence-electron chi connectivity index (χ2n) is 3.49. The molecule has 0 fully saturated rings. The average Bonchev–Trinajstić information content (AvgIpc) is 2.37. The first-order chi connectivity index (χ1) is 8.71. The van der Waals surface area contributed by atoms with Crippen molar-refractivity contribution in [3.63, 3.8) is 0 Å². The van der Waals surface area contributed by atoms with Gasteiger partial charge in [-0.15, -0.1) is 0 Å². The molecule has 98 valence electrons. The highest BCUT2D eigenvalue weighted by molar-refractivity contribution is 5.81. The largest absolute Gasteiger partial charge is 0.494 e. The van der Waals surface area contributed by atoms with E-state index in [0.717, 1.165) is 0 Å². The molecule has 0 atom stereocenters. The van der Waals surface area contributed by atoms with Gasteiger partial charge in [-0.3, -0.25) is 9.59 Å². The van der Waals surface area contributed by atoms with Crippen LogP contribution in [0.3, 0.4) is 0 Å². The van der Waals surface area contributed by atoms with Crippen molar-refractivity contribution < 1.29 is 19.1 Å². The Hall–Kier alpha value is -2.04. The van der Waals surface area contributed by atoms with Crippen molar-refractivity contribution in [1.82, 2.24) is 5.32 Å². The summed E-state index contributed by atoms with van der Waals surface area (Å²) in [6.07, 6.45) is 0.676. The fourth-order valence-electron chi connectivity index (χ4n) is 1.40. The summed E-state index contributed by atoms with van der Waals surface area (Å²) in [5.41, 5.74) is 0.366. The van der Waals surface area contributed by atoms with Crippen molar-refractivity contribution in [2.45, 2.75) is 13.8 Å². The lowest BCUT2D eigenvalue weighted by atomic mass is 10.2. The van der Waals surface area contributed by atoms with E-state index in [-0.39, 0.29) is 12.5 Å². The normalized spacial score (nSPS) is 9.67. The Labute approximate surface area is 106 Å². The highest BCUT2D eigenvalue weighted by Crippen LogP contribution is 2.22. The summed E-state index contributed by atoms with van der Waals surface area (Å²) in [6.45, 7) is 4.65. The van der Waals surface area contributed by atoms with Crippen LogP contribution in [0, 0.1) is 0 Å². The van der Waals surface area contributed by atoms with Gasteiger partial charge in [0.05, 0.1) is 12.2 Å². The zero-order valence-corrected chi connectivity index (χ0v) is 10.6. The molecule has 0 aliphatic rings. The Bertz CT molecular complexity index is 417. The quantitative estimate of drug-likeness (QED) is 0.744. The number of hydrogen-bond acceptors (Lipinski definition) is 4. The average molecular weight is 251 g/mol. The van der Waals surface area contributed by atoms with Crippen LogP contribution in [0.4, 0.5) is 0 Å². The zero-order chi connectivity index (χ0) is 13.4. The lowest BCUT2D eigenvalue weighted by molar-refractivity contribution is -0.122. The summed E-state index contributed by atoms with van der Waals surface area (Å²) >= 11 is 0. The second kappa shape index (κ2) is 7.32. The van der Waals surface area contributed by atoms with Crippen LogP contribution in [-0.2, 0) is 4.79 Å². The summed E-state index contributed by atoms with van der Waals surface area (Å²) < 4.78 is 10.6. The van der Waals surface area contributed by atoms with E-state index < -0.39 is 0 Å². The highest BCUT2D eigenvalue weighted by atomic mass is 16.5. The van der Waals surface area contributed by atoms with Crippen molar-refractivity contribution in [3.8, 4) is 11.5 Å². The molecule has 5 heteroatoms. The SMILES string of the molecule is CCNC(=O)COc1ccc(OCC)cc1C=O. The third kappa shape index (κ3) is 4.08. The molecule has 0 unspecified atom stereocenters. The standard InChI is InChI=1S/C13H17NO4/c1-3-14-13(16)9-18-12-6-5-11(17-4-2)7-10(12)8-15/h5-8H,3-4,9H2,1-2H3,(H,14,16). The van der Waals surface area contributed by atoms with Gasteiger partial charge in [-0.05, 0) is 32.0 Å². The van der Waals surface area contributed by atoms with Crippen molar-refractivity contribution in [1.29, 1.82) is 0 Å². The van der Waals surface area contributed by atoms with Gasteiger partial charge in [-0.1, -0.05) is 0 Å². The van der Waals surface area contributed by atoms with E-state index in [2.05, 4.69) is 5.32 Å². The van der Waals surface area contributed by atoms with Crippen LogP contribution in [0.25, 0.3) is 0 Å². The topological polar surface area (TPSA) is 64.6 Å². The maximum absolute atomic E-state index is 11.2. The monoisotopic (exact) mass is 251 g/mol. The lowest BCUT2D eigenvalue weighted by Gasteiger charge is -2.10. The molecule has 0 aliphatic heterocycles. The molecule has 0 spiro atoms. The van der Waals surface area contributed by atoms with Gasteiger partial charge in [0, 0.05) is 6.54 Å². The number of ether oxygens (including phenoxy) is 2. The number of carbonyl (C=O) groups is 2. The van der Waals surface area contributed by atoms with Crippen LogP contribution in [-0.4, -0.2) is 32.0 Å². The molecule has 0 heterocycles. The van der Waals surface area contributed by atoms with Gasteiger partial charge < -0.3 is 14.8 Å². The van der Waals surface area contributed by atoms with Gasteiger partial charge in [0.2, 0.25) is 0 Å². The summed E-state index contributed by atoms with van der Waals surface area (Å²) in [4.78, 5) is 22.2. The zero-order valence-electron chi connectivity index (χ0n) is 10.6. The summed E-state index contributed by atoms with van der Waals surface area (Å²) in [6, 6.07) is 4.90. The maximum Gasteiger partial charge on any atom is 0.257 e. The number of hydrogen-bond donors (Lipinski definition) is 1. The summed E-state index contributed by atoms with van der Waals surface area (Å²) in [7, 11) is 0. The van der Waals surface area contributed by atoms with E-state index in [4.69, 9.17) is 9.47 Å². The van der Waals surface area contributed by atoms with Gasteiger partial charge in [0.1, 0.15) is 11.5 Å². The predicted octanol–water partition coefficient (Wildman–Crippen LogP) is 1.41. The number of aldehydes is 1. The van der Waals surface area contributed by atoms with Crippen LogP contribution in [0.5, 0.6) is 11.5 Å². The third-order valence-electron chi connectivity index (χ3n) is 2.15. The number of nitrogens with one attached hydrogen (secondary N) is 1. The van der Waals surface area contributed by atoms with Gasteiger partial charge >= 0.3 is 0 Å². The predicted molar refractivity (Wildman–Crippen MR) is 67.2 cm³/mol. The van der Waals surface area contributed by atoms with E-state index in [1.54, 1.807) is 18.2 Å². The molecule has 1 amide bonds. The molecule has 0 bridgehead atoms. The van der Waals surface area contributed by atoms with Crippen molar-refractivity contribution >= 4 is 12.2 Å². The first kappa shape index (κ1) is 14.0. The van der Waals surface area contributed by atoms with Gasteiger partial charge in [0.15, 0.2) is 12.9 Å². The third-order valence-corrected chi connectivity index (χ3v) is 2.15. The molecule has 1 aromatic rings. The Kier molecular flexibility index (Phi) is 5.70. The van der Waals surface area contributed by atoms with Crippen molar-refractivity contribution in [3.05, 3.63) is 23.8 Å². The molecule has 0 saturated carbocycles. The number of benzene rings is 1. The summed E-state index contributed by atoms with van der Waals surface area (Å²) in [5.74, 6) is 0.757. The molecule has 1 N–H and O–H groups in total. The molecule has 0 aromatic heterocycles. The number of rotatable bonds is 7. The number of amides is 1. The van der Waals surface area contributed by atoms with Crippen LogP contribution < -0.4 is 14.8 Å². The molecule has 5 nitrogen and oxygen atoms in total. The van der Waals surface area contributed by atoms with Crippen LogP contribution in [0.1, 0.15) is 24.2 Å². The van der Waals surface area contributed by atoms with Crippen LogP contribution in [0.15, 0.2) is 18.2 Å². The lowest BCUT2D eigenvalue weighted by Crippen LogP contribution is -2.28. The first-order valence-corrected chi connectivity index (χ1v) is 5.82. The Morgan fingerprint density at radius 1 is 1.33 bits per heavy atom. The molecule has 0 radical (unpaired) electrons. The number of likely N-dealkylation sites (N-methyl/N-ethyl adjacent to an activating group) is 1. The fraction of sp³-hybridized carbons (Fsp3) is 0.385. The summed E-state index contributed by atoms with van der Waals surface area (Å²) in [5, 5.41) is 2.61. The molecule has 0 aliphatic carbocycles. The minimum atomic E-state index is -0.219. The van der Waals surface area contributed by atoms with E-state index in [1.165, 1.54) is 0 Å². The van der Waals surface area contributed by atoms with Gasteiger partial charge in [-0.25, -0.2) is 0 Å². The van der Waals surface area contributed by atoms with E-state index in [1.807, 2.05) is 13.8 Å². The van der Waals surface area contributed by atoms with E-state index in [9.17, 15) is 9.59 Å². The smallest absolute Gasteiger partial charge is 0.257 e. The second-order valence-corrected chi connectivity index (χ2v) is 3.49. The Morgan fingerprint density at radius 3 is 2.72 bits per heavy atom. The minimum Gasteiger partial charge on any atom is -0.494 e. The first-order valence-electron chi connectivity index (χ1n) is 5.82. The maximum atomic E-state index is 11.2. The van der Waals surface area contributed by atoms with Crippen LogP contribution >= 0.6 is 0 Å². The molecule has 0 saturated heterocycles. The molecule has 18 heavy (non-hydrogen) atoms. The Morgan fingerprint density at radius 2 is 2.11 bits per heavy atom. The molecule has 1 rings (SSSR count). The fourth-order valence-corrected chi connectivity index (χ4v) is 1.40. The van der Waals surface area contributed by atoms with Crippen molar-refractivity contribution in [2.75, 3.05) is 19.8 Å². The molecular formula is C13H17NO4. The number of carbonyl (C=O) groups excluding carboxylic acids is 2. The highest BCUT2D eigenvalue weighted by Gasteiger charge is 2.07. The van der Waals surface area contributed by atoms with Crippen molar-refractivity contribution in [2.24, 2.45) is 0 Å². The van der Waals surface area contributed by atoms with Gasteiger partial charge in [0.25, 0.3) is 5.91 Å². The minimum absolute atomic E-state index is 0.108. The van der Waals surface area contributed by atoms with Gasteiger partial charge in [-0.2, -0.15) is 0 Å². The Balaban J connectivity index is 2.70. The molecule has 1 aromatic carbocycles. The van der Waals surface area contributed by atoms with E-state index in [0.29, 0.717) is 36.5 Å². The van der Waals surface area contributed by atoms with Crippen LogP contribution in [0.2, 0.25) is 0 Å². The van der Waals surface area contributed by atoms with E-state index >= 15 is 0 Å².